The van der Waals surface area contributed by atoms with Gasteiger partial charge >= 0.3 is 5.97 Å². The summed E-state index contributed by atoms with van der Waals surface area (Å²) in [6.07, 6.45) is 17.6. The minimum atomic E-state index is -2.49. The number of allylic oxidation sites excluding steroid dienone is 4. The Hall–Kier alpha value is -1.61. The third kappa shape index (κ3) is 9.04. The van der Waals surface area contributed by atoms with Gasteiger partial charge in [-0.05, 0) is 75.0 Å². The molecule has 1 aliphatic rings. The average Bonchev–Trinajstić information content (AvgIpc) is 3.11. The number of hydrogen-bond acceptors (Lipinski definition) is 4. The number of aliphatic hydroxyl groups is 2. The molecule has 1 rings (SSSR count). The third-order valence-electron chi connectivity index (χ3n) is 5.82. The van der Waals surface area contributed by atoms with E-state index in [0.29, 0.717) is 17.9 Å². The molecule has 0 fully saturated rings. The molecule has 0 saturated carbocycles. The van der Waals surface area contributed by atoms with Crippen molar-refractivity contribution in [2.75, 3.05) is 6.61 Å². The number of carbonyl (C=O) groups is 1. The van der Waals surface area contributed by atoms with Gasteiger partial charge in [0.15, 0.2) is 0 Å². The van der Waals surface area contributed by atoms with Crippen molar-refractivity contribution >= 4 is 5.97 Å². The predicted octanol–water partition coefficient (Wildman–Crippen LogP) is 6.15. The fourth-order valence-electron chi connectivity index (χ4n) is 3.98. The summed E-state index contributed by atoms with van der Waals surface area (Å²) in [6, 6.07) is 0. The van der Waals surface area contributed by atoms with Gasteiger partial charge in [-0.1, -0.05) is 57.8 Å². The predicted molar refractivity (Wildman–Crippen MR) is 123 cm³/mol. The van der Waals surface area contributed by atoms with Crippen molar-refractivity contribution in [3.8, 4) is 0 Å². The van der Waals surface area contributed by atoms with Gasteiger partial charge < -0.3 is 14.9 Å². The van der Waals surface area contributed by atoms with Crippen molar-refractivity contribution in [1.29, 1.82) is 0 Å². The molecule has 0 bridgehead atoms. The fraction of sp³-hybridized carbons (Fsp3) is 0.692. The van der Waals surface area contributed by atoms with Gasteiger partial charge in [0.25, 0.3) is 5.79 Å². The van der Waals surface area contributed by atoms with E-state index in [1.165, 1.54) is 43.3 Å². The van der Waals surface area contributed by atoms with Gasteiger partial charge in [0.1, 0.15) is 0 Å². The number of unbranched alkanes of at least 4 members (excludes halogenated alkanes) is 4. The molecule has 0 aromatic rings. The van der Waals surface area contributed by atoms with E-state index in [2.05, 4.69) is 31.7 Å². The minimum absolute atomic E-state index is 0.115. The highest BCUT2D eigenvalue weighted by molar-refractivity contribution is 5.77. The number of ether oxygens (including phenoxy) is 1. The quantitative estimate of drug-likeness (QED) is 0.154. The lowest BCUT2D eigenvalue weighted by Crippen LogP contribution is -2.40. The molecule has 0 aromatic heterocycles. The molecule has 4 nitrogen and oxygen atoms in total. The highest BCUT2D eigenvalue weighted by atomic mass is 16.6. The van der Waals surface area contributed by atoms with Crippen LogP contribution < -0.4 is 0 Å². The third-order valence-corrected chi connectivity index (χ3v) is 5.82. The average molecular weight is 419 g/mol. The molecule has 0 radical (unpaired) electrons. The van der Waals surface area contributed by atoms with Crippen LogP contribution in [0.5, 0.6) is 0 Å². The van der Waals surface area contributed by atoms with Crippen LogP contribution in [-0.2, 0) is 9.53 Å². The number of rotatable bonds is 14. The molecule has 30 heavy (non-hydrogen) atoms. The summed E-state index contributed by atoms with van der Waals surface area (Å²) < 4.78 is 4.74. The van der Waals surface area contributed by atoms with Crippen LogP contribution in [0.15, 0.2) is 40.7 Å². The second kappa shape index (κ2) is 14.4. The Bertz CT molecular complexity index is 648. The summed E-state index contributed by atoms with van der Waals surface area (Å²) in [6.45, 7) is 8.16. The molecule has 4 heteroatoms. The van der Waals surface area contributed by atoms with Gasteiger partial charge in [-0.2, -0.15) is 0 Å². The SMILES string of the molecule is CCCCCC/C=C/C1=C(CC=C=C(CC)CC(O)(O)C(=O)OCC)[C@@H](CC)CC1. The summed E-state index contributed by atoms with van der Waals surface area (Å²) in [7, 11) is 0. The lowest BCUT2D eigenvalue weighted by molar-refractivity contribution is -0.208. The van der Waals surface area contributed by atoms with E-state index in [-0.39, 0.29) is 13.0 Å². The van der Waals surface area contributed by atoms with Crippen LogP contribution in [-0.4, -0.2) is 28.6 Å². The zero-order valence-corrected chi connectivity index (χ0v) is 19.5. The first-order chi connectivity index (χ1) is 14.4. The molecule has 1 aliphatic carbocycles. The van der Waals surface area contributed by atoms with Gasteiger partial charge in [0, 0.05) is 6.42 Å². The van der Waals surface area contributed by atoms with Crippen molar-refractivity contribution in [2.45, 2.75) is 104 Å². The molecule has 0 saturated heterocycles. The van der Waals surface area contributed by atoms with E-state index in [9.17, 15) is 15.0 Å². The van der Waals surface area contributed by atoms with Crippen molar-refractivity contribution in [3.63, 3.8) is 0 Å². The topological polar surface area (TPSA) is 66.8 Å². The van der Waals surface area contributed by atoms with E-state index < -0.39 is 11.8 Å². The summed E-state index contributed by atoms with van der Waals surface area (Å²) in [5.74, 6) is -2.89. The Morgan fingerprint density at radius 3 is 2.60 bits per heavy atom. The Balaban J connectivity index is 2.84. The number of esters is 1. The fourth-order valence-corrected chi connectivity index (χ4v) is 3.98. The molecular formula is C26H42O4. The monoisotopic (exact) mass is 418 g/mol. The second-order valence-electron chi connectivity index (χ2n) is 8.17. The van der Waals surface area contributed by atoms with Gasteiger partial charge in [0.2, 0.25) is 0 Å². The lowest BCUT2D eigenvalue weighted by Gasteiger charge is -2.19. The highest BCUT2D eigenvalue weighted by Gasteiger charge is 2.35. The van der Waals surface area contributed by atoms with Crippen molar-refractivity contribution in [1.82, 2.24) is 0 Å². The van der Waals surface area contributed by atoms with E-state index in [0.717, 1.165) is 25.7 Å². The van der Waals surface area contributed by atoms with E-state index >= 15 is 0 Å². The van der Waals surface area contributed by atoms with Crippen LogP contribution >= 0.6 is 0 Å². The first-order valence-corrected chi connectivity index (χ1v) is 11.8. The normalized spacial score (nSPS) is 16.8. The Labute approximate surface area is 183 Å². The van der Waals surface area contributed by atoms with E-state index in [4.69, 9.17) is 4.74 Å². The molecule has 2 N–H and O–H groups in total. The number of hydrogen-bond donors (Lipinski definition) is 2. The molecule has 170 valence electrons. The van der Waals surface area contributed by atoms with Crippen LogP contribution in [0.1, 0.15) is 98.3 Å². The first-order valence-electron chi connectivity index (χ1n) is 11.8. The largest absolute Gasteiger partial charge is 0.462 e. The highest BCUT2D eigenvalue weighted by Crippen LogP contribution is 2.37. The zero-order chi connectivity index (χ0) is 22.4. The maximum atomic E-state index is 11.7. The molecule has 0 heterocycles. The summed E-state index contributed by atoms with van der Waals surface area (Å²) in [4.78, 5) is 11.7. The second-order valence-corrected chi connectivity index (χ2v) is 8.17. The van der Waals surface area contributed by atoms with Crippen LogP contribution in [0.2, 0.25) is 0 Å². The maximum Gasteiger partial charge on any atom is 0.366 e. The van der Waals surface area contributed by atoms with Crippen molar-refractivity contribution < 1.29 is 19.7 Å². The van der Waals surface area contributed by atoms with Gasteiger partial charge in [-0.25, -0.2) is 4.79 Å². The molecular weight excluding hydrogens is 376 g/mol. The smallest absolute Gasteiger partial charge is 0.366 e. The zero-order valence-electron chi connectivity index (χ0n) is 19.5. The van der Waals surface area contributed by atoms with Gasteiger partial charge in [-0.15, -0.1) is 5.73 Å². The van der Waals surface area contributed by atoms with Gasteiger partial charge in [0.05, 0.1) is 6.61 Å². The summed E-state index contributed by atoms with van der Waals surface area (Å²) in [5.41, 5.74) is 6.85. The van der Waals surface area contributed by atoms with Crippen molar-refractivity contribution in [3.05, 3.63) is 40.7 Å². The lowest BCUT2D eigenvalue weighted by atomic mass is 9.94. The Morgan fingerprint density at radius 2 is 1.97 bits per heavy atom. The Kier molecular flexibility index (Phi) is 12.7. The van der Waals surface area contributed by atoms with Crippen LogP contribution in [0, 0.1) is 5.92 Å². The molecule has 0 amide bonds. The molecule has 1 atom stereocenters. The molecule has 0 aromatic carbocycles. The summed E-state index contributed by atoms with van der Waals surface area (Å²) in [5, 5.41) is 20.0. The minimum Gasteiger partial charge on any atom is -0.462 e. The van der Waals surface area contributed by atoms with Crippen LogP contribution in [0.3, 0.4) is 0 Å². The van der Waals surface area contributed by atoms with Gasteiger partial charge in [-0.3, -0.25) is 0 Å². The van der Waals surface area contributed by atoms with Crippen LogP contribution in [0.4, 0.5) is 0 Å². The van der Waals surface area contributed by atoms with E-state index in [1.807, 2.05) is 13.0 Å². The molecule has 0 spiro atoms. The Morgan fingerprint density at radius 1 is 1.20 bits per heavy atom. The standard InChI is InChI=1S/C26H42O4/c1-5-9-10-11-12-13-16-23-19-18-22(7-3)24(23)17-14-15-21(6-2)20-26(28,29)25(27)30-8-4/h13-14,16,22,28-29H,5-12,17-20H2,1-4H3/b16-13+/t15?,22-/m0/s1. The first kappa shape index (κ1) is 26.4. The summed E-state index contributed by atoms with van der Waals surface area (Å²) >= 11 is 0. The number of carbonyl (C=O) groups excluding carboxylic acids is 1. The molecule has 0 aliphatic heterocycles. The van der Waals surface area contributed by atoms with E-state index in [1.54, 1.807) is 6.92 Å². The maximum absolute atomic E-state index is 11.7. The molecule has 0 unspecified atom stereocenters. The van der Waals surface area contributed by atoms with Crippen LogP contribution in [0.25, 0.3) is 0 Å². The van der Waals surface area contributed by atoms with Crippen molar-refractivity contribution in [2.24, 2.45) is 5.92 Å².